The molecular formula is C47H28N4S. The average molecular weight is 681 g/mol. The van der Waals surface area contributed by atoms with E-state index in [2.05, 4.69) is 109 Å². The summed E-state index contributed by atoms with van der Waals surface area (Å²) >= 11 is 1.85. The number of hydrogen-bond donors (Lipinski definition) is 0. The molecule has 0 N–H and O–H groups in total. The molecule has 0 atom stereocenters. The molecule has 4 nitrogen and oxygen atoms in total. The van der Waals surface area contributed by atoms with Crippen molar-refractivity contribution in [3.05, 3.63) is 198 Å². The van der Waals surface area contributed by atoms with E-state index in [9.17, 15) is 5.26 Å². The summed E-state index contributed by atoms with van der Waals surface area (Å²) in [6, 6.07) is 61.5. The molecule has 5 heteroatoms. The van der Waals surface area contributed by atoms with Crippen molar-refractivity contribution in [2.75, 3.05) is 0 Å². The van der Waals surface area contributed by atoms with E-state index < -0.39 is 5.41 Å². The summed E-state index contributed by atoms with van der Waals surface area (Å²) in [6.45, 7) is 0. The lowest BCUT2D eigenvalue weighted by molar-refractivity contribution is 0.722. The highest BCUT2D eigenvalue weighted by Crippen LogP contribution is 2.62. The standard InChI is InChI=1S/C47H28N4S/c48-29-30-11-10-14-34(27-30)31-21-23-33(24-22-31)45-49-44(32-12-2-1-3-13-32)50-46(51-45)35-25-26-37-36-15-4-5-16-38(36)47(41(37)28-35)39-17-6-8-19-42(39)52-43-20-9-7-18-40(43)47/h1-28H. The zero-order chi connectivity index (χ0) is 34.6. The topological polar surface area (TPSA) is 62.5 Å². The number of fused-ring (bicyclic) bond motifs is 9. The van der Waals surface area contributed by atoms with Gasteiger partial charge >= 0.3 is 0 Å². The average Bonchev–Trinajstić information content (AvgIpc) is 3.51. The number of aromatic nitrogens is 3. The van der Waals surface area contributed by atoms with Gasteiger partial charge < -0.3 is 0 Å². The van der Waals surface area contributed by atoms with Gasteiger partial charge in [-0.2, -0.15) is 5.26 Å². The van der Waals surface area contributed by atoms with Crippen molar-refractivity contribution < 1.29 is 0 Å². The highest BCUT2D eigenvalue weighted by Gasteiger charge is 2.50. The first-order valence-electron chi connectivity index (χ1n) is 17.2. The smallest absolute Gasteiger partial charge is 0.164 e. The van der Waals surface area contributed by atoms with Crippen molar-refractivity contribution in [2.45, 2.75) is 15.2 Å². The second kappa shape index (κ2) is 12.0. The summed E-state index contributed by atoms with van der Waals surface area (Å²) in [5, 5.41) is 9.42. The van der Waals surface area contributed by atoms with Crippen molar-refractivity contribution >= 4 is 11.8 Å². The van der Waals surface area contributed by atoms with Crippen molar-refractivity contribution in [1.82, 2.24) is 15.0 Å². The summed E-state index contributed by atoms with van der Waals surface area (Å²) in [5.41, 5.74) is 12.5. The lowest BCUT2D eigenvalue weighted by atomic mass is 9.67. The highest BCUT2D eigenvalue weighted by molar-refractivity contribution is 7.99. The second-order valence-corrected chi connectivity index (χ2v) is 14.2. The van der Waals surface area contributed by atoms with E-state index in [0.29, 0.717) is 23.0 Å². The molecule has 7 aromatic carbocycles. The van der Waals surface area contributed by atoms with E-state index in [4.69, 9.17) is 15.0 Å². The molecular weight excluding hydrogens is 653 g/mol. The Morgan fingerprint density at radius 3 is 1.62 bits per heavy atom. The molecule has 242 valence electrons. The van der Waals surface area contributed by atoms with Gasteiger partial charge in [-0.05, 0) is 74.8 Å². The van der Waals surface area contributed by atoms with Gasteiger partial charge in [0.2, 0.25) is 0 Å². The largest absolute Gasteiger partial charge is 0.208 e. The predicted molar refractivity (Wildman–Crippen MR) is 208 cm³/mol. The molecule has 0 saturated heterocycles. The van der Waals surface area contributed by atoms with Crippen LogP contribution in [-0.4, -0.2) is 15.0 Å². The van der Waals surface area contributed by atoms with Crippen molar-refractivity contribution in [1.29, 1.82) is 5.26 Å². The fraction of sp³-hybridized carbons (Fsp3) is 0.0213. The van der Waals surface area contributed by atoms with Gasteiger partial charge in [-0.25, -0.2) is 15.0 Å². The first-order valence-corrected chi connectivity index (χ1v) is 18.1. The van der Waals surface area contributed by atoms with Gasteiger partial charge in [0.25, 0.3) is 0 Å². The molecule has 0 unspecified atom stereocenters. The maximum absolute atomic E-state index is 9.42. The molecule has 8 aromatic rings. The zero-order valence-electron chi connectivity index (χ0n) is 27.9. The summed E-state index contributed by atoms with van der Waals surface area (Å²) in [4.78, 5) is 17.8. The Labute approximate surface area is 306 Å². The van der Waals surface area contributed by atoms with Crippen molar-refractivity contribution in [3.63, 3.8) is 0 Å². The molecule has 0 saturated carbocycles. The number of nitriles is 1. The fourth-order valence-corrected chi connectivity index (χ4v) is 9.12. The molecule has 2 heterocycles. The van der Waals surface area contributed by atoms with Crippen LogP contribution in [0.25, 0.3) is 56.4 Å². The van der Waals surface area contributed by atoms with E-state index in [1.165, 1.54) is 43.2 Å². The van der Waals surface area contributed by atoms with E-state index in [1.807, 2.05) is 78.5 Å². The van der Waals surface area contributed by atoms with Crippen LogP contribution in [0, 0.1) is 11.3 Å². The van der Waals surface area contributed by atoms with Crippen LogP contribution in [0.5, 0.6) is 0 Å². The van der Waals surface area contributed by atoms with Crippen LogP contribution in [0.1, 0.15) is 27.8 Å². The second-order valence-electron chi connectivity index (χ2n) is 13.1. The van der Waals surface area contributed by atoms with E-state index in [1.54, 1.807) is 0 Å². The summed E-state index contributed by atoms with van der Waals surface area (Å²) in [5.74, 6) is 1.84. The zero-order valence-corrected chi connectivity index (χ0v) is 28.7. The van der Waals surface area contributed by atoms with Crippen LogP contribution >= 0.6 is 11.8 Å². The SMILES string of the molecule is N#Cc1cccc(-c2ccc(-c3nc(-c4ccccc4)nc(-c4ccc5c(c4)C4(c6ccccc6Sc6ccccc64)c4ccccc4-5)n3)cc2)c1. The molecule has 10 rings (SSSR count). The van der Waals surface area contributed by atoms with E-state index >= 15 is 0 Å². The third-order valence-electron chi connectivity index (χ3n) is 10.2. The summed E-state index contributed by atoms with van der Waals surface area (Å²) in [6.07, 6.45) is 0. The van der Waals surface area contributed by atoms with E-state index in [0.717, 1.165) is 27.8 Å². The minimum atomic E-state index is -0.489. The third-order valence-corrected chi connectivity index (χ3v) is 11.4. The molecule has 0 amide bonds. The predicted octanol–water partition coefficient (Wildman–Crippen LogP) is 11.2. The van der Waals surface area contributed by atoms with Crippen molar-refractivity contribution in [3.8, 4) is 62.5 Å². The number of rotatable bonds is 4. The monoisotopic (exact) mass is 680 g/mol. The Bertz CT molecular complexity index is 2680. The van der Waals surface area contributed by atoms with Gasteiger partial charge in [0.15, 0.2) is 17.5 Å². The molecule has 2 aliphatic rings. The molecule has 0 fully saturated rings. The number of benzene rings is 7. The normalized spacial score (nSPS) is 13.1. The van der Waals surface area contributed by atoms with Gasteiger partial charge in [-0.1, -0.05) is 151 Å². The Morgan fingerprint density at radius 2 is 0.923 bits per heavy atom. The van der Waals surface area contributed by atoms with Crippen LogP contribution in [-0.2, 0) is 5.41 Å². The van der Waals surface area contributed by atoms with Crippen molar-refractivity contribution in [2.24, 2.45) is 0 Å². The fourth-order valence-electron chi connectivity index (χ4n) is 7.92. The Kier molecular flexibility index (Phi) is 6.99. The minimum absolute atomic E-state index is 0.489. The van der Waals surface area contributed by atoms with Gasteiger partial charge in [0.05, 0.1) is 17.0 Å². The van der Waals surface area contributed by atoms with Crippen LogP contribution in [0.3, 0.4) is 0 Å². The van der Waals surface area contributed by atoms with Crippen LogP contribution < -0.4 is 0 Å². The minimum Gasteiger partial charge on any atom is -0.208 e. The van der Waals surface area contributed by atoms with Gasteiger partial charge in [0.1, 0.15) is 0 Å². The van der Waals surface area contributed by atoms with E-state index in [-0.39, 0.29) is 0 Å². The van der Waals surface area contributed by atoms with Gasteiger partial charge in [-0.15, -0.1) is 0 Å². The summed E-state index contributed by atoms with van der Waals surface area (Å²) in [7, 11) is 0. The van der Waals surface area contributed by atoms with Gasteiger partial charge in [0, 0.05) is 26.5 Å². The first kappa shape index (κ1) is 30.2. The Hall–Kier alpha value is -6.61. The van der Waals surface area contributed by atoms with Gasteiger partial charge in [-0.3, -0.25) is 0 Å². The summed E-state index contributed by atoms with van der Waals surface area (Å²) < 4.78 is 0. The molecule has 0 bridgehead atoms. The molecule has 1 aliphatic carbocycles. The van der Waals surface area contributed by atoms with Crippen LogP contribution in [0.15, 0.2) is 180 Å². The first-order chi connectivity index (χ1) is 25.7. The Morgan fingerprint density at radius 1 is 0.404 bits per heavy atom. The molecule has 1 spiro atoms. The molecule has 52 heavy (non-hydrogen) atoms. The highest BCUT2D eigenvalue weighted by atomic mass is 32.2. The lowest BCUT2D eigenvalue weighted by Crippen LogP contribution is -2.31. The van der Waals surface area contributed by atoms with Crippen LogP contribution in [0.2, 0.25) is 0 Å². The number of hydrogen-bond acceptors (Lipinski definition) is 5. The molecule has 1 aromatic heterocycles. The molecule has 0 radical (unpaired) electrons. The quantitative estimate of drug-likeness (QED) is 0.185. The Balaban J connectivity index is 1.17. The maximum atomic E-state index is 9.42. The maximum Gasteiger partial charge on any atom is 0.164 e. The number of nitrogens with zero attached hydrogens (tertiary/aromatic N) is 4. The lowest BCUT2D eigenvalue weighted by Gasteiger charge is -2.39. The third kappa shape index (κ3) is 4.66. The van der Waals surface area contributed by atoms with Crippen LogP contribution in [0.4, 0.5) is 0 Å². The molecule has 1 aliphatic heterocycles.